The lowest BCUT2D eigenvalue weighted by Crippen LogP contribution is -2.26. The highest BCUT2D eigenvalue weighted by atomic mass is 19.4. The fourth-order valence-electron chi connectivity index (χ4n) is 1.98. The van der Waals surface area contributed by atoms with Gasteiger partial charge in [-0.3, -0.25) is 0 Å². The number of nitrogens with zero attached hydrogens (tertiary/aromatic N) is 2. The van der Waals surface area contributed by atoms with E-state index in [0.29, 0.717) is 13.0 Å². The molecule has 1 N–H and O–H groups in total. The number of aliphatic hydroxyl groups excluding tert-OH is 1. The van der Waals surface area contributed by atoms with Gasteiger partial charge >= 0.3 is 6.18 Å². The summed E-state index contributed by atoms with van der Waals surface area (Å²) in [5, 5.41) is 8.89. The van der Waals surface area contributed by atoms with E-state index in [1.165, 1.54) is 0 Å². The second kappa shape index (κ2) is 4.47. The minimum absolute atomic E-state index is 0.0181. The Kier molecular flexibility index (Phi) is 3.29. The molecule has 100 valence electrons. The monoisotopic (exact) mass is 262 g/mol. The van der Waals surface area contributed by atoms with Gasteiger partial charge in [0.05, 0.1) is 6.61 Å². The number of halogens is 3. The second-order valence-electron chi connectivity index (χ2n) is 4.41. The second-order valence-corrected chi connectivity index (χ2v) is 4.41. The Morgan fingerprint density at radius 3 is 2.72 bits per heavy atom. The lowest BCUT2D eigenvalue weighted by Gasteiger charge is -2.22. The van der Waals surface area contributed by atoms with Crippen molar-refractivity contribution in [1.82, 2.24) is 9.97 Å². The Morgan fingerprint density at radius 1 is 1.50 bits per heavy atom. The summed E-state index contributed by atoms with van der Waals surface area (Å²) in [7, 11) is 0. The van der Waals surface area contributed by atoms with Crippen molar-refractivity contribution >= 4 is 0 Å². The van der Waals surface area contributed by atoms with Gasteiger partial charge in [0.2, 0.25) is 0 Å². The molecule has 1 saturated heterocycles. The molecule has 0 bridgehead atoms. The molecule has 0 amide bonds. The minimum atomic E-state index is -4.61. The van der Waals surface area contributed by atoms with Crippen molar-refractivity contribution in [2.45, 2.75) is 38.1 Å². The molecule has 0 spiro atoms. The minimum Gasteiger partial charge on any atom is -0.392 e. The third-order valence-corrected chi connectivity index (χ3v) is 3.00. The molecule has 1 aromatic heterocycles. The normalized spacial score (nSPS) is 24.5. The third-order valence-electron chi connectivity index (χ3n) is 3.00. The van der Waals surface area contributed by atoms with Crippen molar-refractivity contribution in [1.29, 1.82) is 0 Å². The summed E-state index contributed by atoms with van der Waals surface area (Å²) in [4.78, 5) is 7.43. The molecule has 0 aromatic carbocycles. The lowest BCUT2D eigenvalue weighted by atomic mass is 10.0. The maximum Gasteiger partial charge on any atom is 0.433 e. The maximum atomic E-state index is 12.8. The number of ether oxygens (including phenoxy) is 1. The molecule has 1 aliphatic rings. The summed E-state index contributed by atoms with van der Waals surface area (Å²) in [6.07, 6.45) is -2.24. The molecule has 18 heavy (non-hydrogen) atoms. The topological polar surface area (TPSA) is 55.2 Å². The van der Waals surface area contributed by atoms with Crippen LogP contribution in [0.5, 0.6) is 0 Å². The highest BCUT2D eigenvalue weighted by Gasteiger charge is 2.40. The number of alkyl halides is 3. The number of aromatic nitrogens is 2. The molecular formula is C11H13F3N2O2. The highest BCUT2D eigenvalue weighted by Crippen LogP contribution is 2.36. The van der Waals surface area contributed by atoms with Crippen LogP contribution in [0.4, 0.5) is 13.2 Å². The zero-order valence-corrected chi connectivity index (χ0v) is 9.79. The Labute approximate surface area is 102 Å². The lowest BCUT2D eigenvalue weighted by molar-refractivity contribution is -0.143. The van der Waals surface area contributed by atoms with Gasteiger partial charge in [-0.25, -0.2) is 9.97 Å². The number of hydrogen-bond donors (Lipinski definition) is 1. The van der Waals surface area contributed by atoms with Crippen LogP contribution in [0.2, 0.25) is 0 Å². The molecule has 1 aliphatic heterocycles. The Balaban J connectivity index is 2.46. The van der Waals surface area contributed by atoms with Crippen molar-refractivity contribution < 1.29 is 23.0 Å². The number of hydrogen-bond acceptors (Lipinski definition) is 4. The molecule has 1 aromatic rings. The summed E-state index contributed by atoms with van der Waals surface area (Å²) >= 11 is 0. The predicted octanol–water partition coefficient (Wildman–Crippen LogP) is 2.01. The predicted molar refractivity (Wildman–Crippen MR) is 55.5 cm³/mol. The Hall–Kier alpha value is -1.21. The van der Waals surface area contributed by atoms with E-state index in [4.69, 9.17) is 9.84 Å². The Bertz CT molecular complexity index is 442. The van der Waals surface area contributed by atoms with Gasteiger partial charge in [0.15, 0.2) is 11.5 Å². The summed E-state index contributed by atoms with van der Waals surface area (Å²) in [6, 6.07) is 0. The molecule has 0 saturated carbocycles. The first kappa shape index (κ1) is 13.2. The van der Waals surface area contributed by atoms with Crippen molar-refractivity contribution in [2.24, 2.45) is 0 Å². The van der Waals surface area contributed by atoms with Crippen molar-refractivity contribution in [3.63, 3.8) is 0 Å². The van der Waals surface area contributed by atoms with E-state index in [0.717, 1.165) is 12.6 Å². The number of rotatable bonds is 2. The molecule has 7 heteroatoms. The largest absolute Gasteiger partial charge is 0.433 e. The van der Waals surface area contributed by atoms with Gasteiger partial charge in [-0.05, 0) is 19.8 Å². The van der Waals surface area contributed by atoms with E-state index in [1.54, 1.807) is 6.92 Å². The highest BCUT2D eigenvalue weighted by molar-refractivity contribution is 5.21. The Morgan fingerprint density at radius 2 is 2.22 bits per heavy atom. The van der Waals surface area contributed by atoms with E-state index < -0.39 is 24.1 Å². The molecule has 2 rings (SSSR count). The van der Waals surface area contributed by atoms with Gasteiger partial charge < -0.3 is 9.84 Å². The SMILES string of the molecule is CC1(c2ncc(CO)c(C(F)(F)F)n2)CCCO1. The van der Waals surface area contributed by atoms with E-state index in [1.807, 2.05) is 0 Å². The average molecular weight is 262 g/mol. The van der Waals surface area contributed by atoms with Gasteiger partial charge in [-0.2, -0.15) is 13.2 Å². The van der Waals surface area contributed by atoms with E-state index in [-0.39, 0.29) is 11.4 Å². The number of aliphatic hydroxyl groups is 1. The van der Waals surface area contributed by atoms with E-state index in [9.17, 15) is 13.2 Å². The van der Waals surface area contributed by atoms with Gasteiger partial charge in [0, 0.05) is 18.4 Å². The van der Waals surface area contributed by atoms with Crippen molar-refractivity contribution in [3.05, 3.63) is 23.3 Å². The van der Waals surface area contributed by atoms with Crippen LogP contribution < -0.4 is 0 Å². The quantitative estimate of drug-likeness (QED) is 0.885. The standard InChI is InChI=1S/C11H13F3N2O2/c1-10(3-2-4-18-10)9-15-5-7(6-17)8(16-9)11(12,13)14/h5,17H,2-4,6H2,1H3. The molecular weight excluding hydrogens is 249 g/mol. The van der Waals surface area contributed by atoms with Crippen LogP contribution in [-0.4, -0.2) is 21.7 Å². The molecule has 2 heterocycles. The van der Waals surface area contributed by atoms with Crippen LogP contribution in [0.3, 0.4) is 0 Å². The zero-order chi connectivity index (χ0) is 13.4. The fraction of sp³-hybridized carbons (Fsp3) is 0.636. The smallest absolute Gasteiger partial charge is 0.392 e. The van der Waals surface area contributed by atoms with E-state index in [2.05, 4.69) is 9.97 Å². The van der Waals surface area contributed by atoms with Gasteiger partial charge in [0.1, 0.15) is 5.60 Å². The first-order valence-corrected chi connectivity index (χ1v) is 5.55. The summed E-state index contributed by atoms with van der Waals surface area (Å²) in [6.45, 7) is 1.42. The average Bonchev–Trinajstić information content (AvgIpc) is 2.75. The summed E-state index contributed by atoms with van der Waals surface area (Å²) in [5.41, 5.74) is -2.28. The van der Waals surface area contributed by atoms with Gasteiger partial charge in [-0.15, -0.1) is 0 Å². The fourth-order valence-corrected chi connectivity index (χ4v) is 1.98. The summed E-state index contributed by atoms with van der Waals surface area (Å²) in [5.74, 6) is 0.0181. The van der Waals surface area contributed by atoms with Crippen LogP contribution in [0.1, 0.15) is 36.8 Å². The van der Waals surface area contributed by atoms with Crippen LogP contribution >= 0.6 is 0 Å². The molecule has 4 nitrogen and oxygen atoms in total. The van der Waals surface area contributed by atoms with Crippen LogP contribution in [0.25, 0.3) is 0 Å². The molecule has 1 unspecified atom stereocenters. The zero-order valence-electron chi connectivity index (χ0n) is 9.79. The van der Waals surface area contributed by atoms with E-state index >= 15 is 0 Å². The van der Waals surface area contributed by atoms with Gasteiger partial charge in [-0.1, -0.05) is 0 Å². The van der Waals surface area contributed by atoms with Crippen LogP contribution in [-0.2, 0) is 23.1 Å². The maximum absolute atomic E-state index is 12.8. The third kappa shape index (κ3) is 2.32. The summed E-state index contributed by atoms with van der Waals surface area (Å²) < 4.78 is 43.8. The van der Waals surface area contributed by atoms with Crippen molar-refractivity contribution in [3.8, 4) is 0 Å². The van der Waals surface area contributed by atoms with Gasteiger partial charge in [0.25, 0.3) is 0 Å². The van der Waals surface area contributed by atoms with Crippen LogP contribution in [0, 0.1) is 0 Å². The molecule has 0 radical (unpaired) electrons. The van der Waals surface area contributed by atoms with Crippen molar-refractivity contribution in [2.75, 3.05) is 6.61 Å². The van der Waals surface area contributed by atoms with Crippen LogP contribution in [0.15, 0.2) is 6.20 Å². The first-order valence-electron chi connectivity index (χ1n) is 5.55. The first-order chi connectivity index (χ1) is 8.37. The molecule has 1 fully saturated rings. The molecule has 0 aliphatic carbocycles. The molecule has 1 atom stereocenters.